The van der Waals surface area contributed by atoms with E-state index in [9.17, 15) is 9.59 Å². The average Bonchev–Trinajstić information content (AvgIpc) is 2.91. The van der Waals surface area contributed by atoms with Crippen LogP contribution in [0.2, 0.25) is 0 Å². The van der Waals surface area contributed by atoms with Crippen LogP contribution in [-0.4, -0.2) is 24.7 Å². The van der Waals surface area contributed by atoms with E-state index in [2.05, 4.69) is 70.0 Å². The van der Waals surface area contributed by atoms with Gasteiger partial charge in [0.2, 0.25) is 0 Å². The Balaban J connectivity index is 1.48. The summed E-state index contributed by atoms with van der Waals surface area (Å²) >= 11 is 0. The maximum Gasteiger partial charge on any atom is 0.363 e. The summed E-state index contributed by atoms with van der Waals surface area (Å²) in [6.45, 7) is 15.8. The van der Waals surface area contributed by atoms with Gasteiger partial charge in [-0.25, -0.2) is 4.79 Å². The molecule has 2 aromatic rings. The molecule has 1 aliphatic rings. The topological polar surface area (TPSA) is 77.0 Å². The molecule has 0 fully saturated rings. The Morgan fingerprint density at radius 1 is 1.05 bits per heavy atom. The molecule has 210 valence electrons. The highest BCUT2D eigenvalue weighted by Gasteiger charge is 2.37. The number of amides is 1. The number of fused-ring (bicyclic) bond motifs is 1. The minimum Gasteiger partial charge on any atom is -0.396 e. The van der Waals surface area contributed by atoms with Crippen LogP contribution < -0.4 is 5.48 Å². The van der Waals surface area contributed by atoms with Gasteiger partial charge in [-0.3, -0.25) is 4.79 Å². The third-order valence-corrected chi connectivity index (χ3v) is 7.86. The summed E-state index contributed by atoms with van der Waals surface area (Å²) in [5.41, 5.74) is 8.03. The smallest absolute Gasteiger partial charge is 0.363 e. The van der Waals surface area contributed by atoms with E-state index < -0.39 is 11.9 Å². The lowest BCUT2D eigenvalue weighted by Gasteiger charge is -2.42. The summed E-state index contributed by atoms with van der Waals surface area (Å²) in [4.78, 5) is 34.5. The van der Waals surface area contributed by atoms with Gasteiger partial charge in [-0.2, -0.15) is 5.48 Å². The van der Waals surface area contributed by atoms with E-state index in [-0.39, 0.29) is 10.8 Å². The minimum absolute atomic E-state index is 0.194. The minimum atomic E-state index is -0.673. The SMILES string of the molecule is C=CCc1ccccc1C(=O)ONC(=O)C=NOCCCC(CCC)c1ccc2c(c1)C(C)(C)CCC2(C)C. The third-order valence-electron chi connectivity index (χ3n) is 7.86. The number of carbonyl (C=O) groups is 2. The highest BCUT2D eigenvalue weighted by atomic mass is 16.7. The van der Waals surface area contributed by atoms with Crippen LogP contribution >= 0.6 is 0 Å². The standard InChI is InChI=1S/C33H44N2O4/c1-7-12-24(26-17-18-28-29(22-26)33(5,6)20-19-32(28,3)4)15-11-21-38-34-23-30(36)35-39-31(37)27-16-10-9-14-25(27)13-8-2/h8-10,14,16-18,22-24H,2,7,11-13,15,19-21H2,1,3-6H3,(H,35,36). The molecule has 0 heterocycles. The molecule has 39 heavy (non-hydrogen) atoms. The monoisotopic (exact) mass is 532 g/mol. The number of oxime groups is 1. The summed E-state index contributed by atoms with van der Waals surface area (Å²) < 4.78 is 0. The van der Waals surface area contributed by atoms with Crippen LogP contribution in [0.4, 0.5) is 0 Å². The Morgan fingerprint density at radius 2 is 1.77 bits per heavy atom. The van der Waals surface area contributed by atoms with Crippen molar-refractivity contribution in [1.82, 2.24) is 5.48 Å². The normalized spacial score (nSPS) is 16.2. The molecule has 1 amide bonds. The highest BCUT2D eigenvalue weighted by Crippen LogP contribution is 2.46. The molecule has 1 atom stereocenters. The molecule has 0 bridgehead atoms. The Morgan fingerprint density at radius 3 is 2.49 bits per heavy atom. The van der Waals surface area contributed by atoms with Crippen molar-refractivity contribution in [3.8, 4) is 0 Å². The predicted octanol–water partition coefficient (Wildman–Crippen LogP) is 7.32. The Bertz CT molecular complexity index is 1180. The molecule has 6 nitrogen and oxygen atoms in total. The third kappa shape index (κ3) is 8.04. The van der Waals surface area contributed by atoms with E-state index in [0.29, 0.717) is 24.5 Å². The Kier molecular flexibility index (Phi) is 10.5. The van der Waals surface area contributed by atoms with Gasteiger partial charge in [0.25, 0.3) is 5.91 Å². The van der Waals surface area contributed by atoms with Crippen molar-refractivity contribution >= 4 is 18.1 Å². The molecule has 3 rings (SSSR count). The molecule has 0 saturated heterocycles. The fourth-order valence-electron chi connectivity index (χ4n) is 5.45. The first kappa shape index (κ1) is 30.1. The summed E-state index contributed by atoms with van der Waals surface area (Å²) in [6, 6.07) is 14.2. The van der Waals surface area contributed by atoms with Crippen molar-refractivity contribution < 1.29 is 19.3 Å². The van der Waals surface area contributed by atoms with Crippen LogP contribution in [0, 0.1) is 0 Å². The Hall–Kier alpha value is -3.41. The molecule has 0 saturated carbocycles. The van der Waals surface area contributed by atoms with Gasteiger partial charge in [-0.15, -0.1) is 6.58 Å². The van der Waals surface area contributed by atoms with Gasteiger partial charge in [0.1, 0.15) is 12.8 Å². The Labute approximate surface area is 233 Å². The van der Waals surface area contributed by atoms with Crippen molar-refractivity contribution in [3.05, 3.63) is 82.9 Å². The first-order valence-electron chi connectivity index (χ1n) is 14.1. The van der Waals surface area contributed by atoms with Crippen LogP contribution in [0.3, 0.4) is 0 Å². The first-order chi connectivity index (χ1) is 18.6. The molecule has 0 aliphatic heterocycles. The first-order valence-corrected chi connectivity index (χ1v) is 14.1. The molecule has 1 unspecified atom stereocenters. The largest absolute Gasteiger partial charge is 0.396 e. The molecule has 1 aliphatic carbocycles. The summed E-state index contributed by atoms with van der Waals surface area (Å²) in [5.74, 6) is -0.861. The van der Waals surface area contributed by atoms with Gasteiger partial charge in [0, 0.05) is 0 Å². The fraction of sp³-hybridized carbons (Fsp3) is 0.485. The second-order valence-corrected chi connectivity index (χ2v) is 11.8. The number of allylic oxidation sites excluding steroid dienone is 1. The van der Waals surface area contributed by atoms with Crippen LogP contribution in [-0.2, 0) is 31.7 Å². The van der Waals surface area contributed by atoms with E-state index in [0.717, 1.165) is 37.5 Å². The molecular weight excluding hydrogens is 488 g/mol. The highest BCUT2D eigenvalue weighted by molar-refractivity contribution is 6.25. The zero-order valence-corrected chi connectivity index (χ0v) is 24.2. The van der Waals surface area contributed by atoms with Gasteiger partial charge < -0.3 is 9.68 Å². The lowest BCUT2D eigenvalue weighted by molar-refractivity contribution is -0.122. The number of hydrogen-bond donors (Lipinski definition) is 1. The lowest BCUT2D eigenvalue weighted by Crippen LogP contribution is -2.34. The molecule has 6 heteroatoms. The fourth-order valence-corrected chi connectivity index (χ4v) is 5.45. The second-order valence-electron chi connectivity index (χ2n) is 11.8. The van der Waals surface area contributed by atoms with Crippen LogP contribution in [0.5, 0.6) is 0 Å². The molecule has 2 aromatic carbocycles. The van der Waals surface area contributed by atoms with Crippen LogP contribution in [0.25, 0.3) is 0 Å². The zero-order valence-electron chi connectivity index (χ0n) is 24.2. The summed E-state index contributed by atoms with van der Waals surface area (Å²) in [5, 5.41) is 3.74. The van der Waals surface area contributed by atoms with E-state index in [1.165, 1.54) is 29.5 Å². The van der Waals surface area contributed by atoms with E-state index in [1.54, 1.807) is 18.2 Å². The lowest BCUT2D eigenvalue weighted by atomic mass is 9.62. The van der Waals surface area contributed by atoms with Crippen molar-refractivity contribution in [2.75, 3.05) is 6.61 Å². The number of rotatable bonds is 12. The molecule has 0 radical (unpaired) electrons. The second kappa shape index (κ2) is 13.6. The summed E-state index contributed by atoms with van der Waals surface area (Å²) in [6.07, 6.45) is 9.67. The van der Waals surface area contributed by atoms with Crippen LogP contribution in [0.1, 0.15) is 112 Å². The van der Waals surface area contributed by atoms with Gasteiger partial charge >= 0.3 is 5.97 Å². The molecular formula is C33H44N2O4. The van der Waals surface area contributed by atoms with Gasteiger partial charge in [0.05, 0.1) is 5.56 Å². The molecule has 1 N–H and O–H groups in total. The van der Waals surface area contributed by atoms with Crippen LogP contribution in [0.15, 0.2) is 60.3 Å². The number of nitrogens with one attached hydrogen (secondary N) is 1. The maximum absolute atomic E-state index is 12.3. The average molecular weight is 533 g/mol. The number of hydrogen-bond acceptors (Lipinski definition) is 5. The van der Waals surface area contributed by atoms with Gasteiger partial charge in [0.15, 0.2) is 0 Å². The predicted molar refractivity (Wildman–Crippen MR) is 157 cm³/mol. The number of nitrogens with zero attached hydrogens (tertiary/aromatic N) is 1. The molecule has 0 aromatic heterocycles. The van der Waals surface area contributed by atoms with E-state index in [4.69, 9.17) is 9.68 Å². The van der Waals surface area contributed by atoms with Crippen molar-refractivity contribution in [3.63, 3.8) is 0 Å². The van der Waals surface area contributed by atoms with Gasteiger partial charge in [-0.05, 0) is 83.6 Å². The number of carbonyl (C=O) groups excluding carboxylic acids is 2. The quantitative estimate of drug-likeness (QED) is 0.134. The molecule has 0 spiro atoms. The van der Waals surface area contributed by atoms with Crippen molar-refractivity contribution in [2.24, 2.45) is 5.16 Å². The van der Waals surface area contributed by atoms with E-state index in [1.807, 2.05) is 12.1 Å². The van der Waals surface area contributed by atoms with Gasteiger partial charge in [-0.1, -0.05) is 88.7 Å². The zero-order chi connectivity index (χ0) is 28.5. The van der Waals surface area contributed by atoms with E-state index >= 15 is 0 Å². The van der Waals surface area contributed by atoms with Crippen molar-refractivity contribution in [1.29, 1.82) is 0 Å². The maximum atomic E-state index is 12.3. The number of hydroxylamine groups is 1. The number of benzene rings is 2. The van der Waals surface area contributed by atoms with Crippen molar-refractivity contribution in [2.45, 2.75) is 96.3 Å². The summed E-state index contributed by atoms with van der Waals surface area (Å²) in [7, 11) is 0.